The van der Waals surface area contributed by atoms with Crippen LogP contribution < -0.4 is 10.5 Å². The molecule has 1 aromatic carbocycles. The van der Waals surface area contributed by atoms with Gasteiger partial charge < -0.3 is 20.1 Å². The summed E-state index contributed by atoms with van der Waals surface area (Å²) in [7, 11) is 1.64. The predicted octanol–water partition coefficient (Wildman–Crippen LogP) is 2.31. The summed E-state index contributed by atoms with van der Waals surface area (Å²) >= 11 is 0. The second kappa shape index (κ2) is 9.23. The van der Waals surface area contributed by atoms with Crippen molar-refractivity contribution in [2.24, 2.45) is 0 Å². The van der Waals surface area contributed by atoms with Crippen molar-refractivity contribution in [3.8, 4) is 5.75 Å². The van der Waals surface area contributed by atoms with Crippen LogP contribution in [-0.4, -0.2) is 43.7 Å². The van der Waals surface area contributed by atoms with E-state index in [-0.39, 0.29) is 11.9 Å². The SMILES string of the molecule is CCC(C)N(CCOC)C(=O)CCOc1cccc(N)c1. The molecule has 1 aromatic rings. The van der Waals surface area contributed by atoms with Gasteiger partial charge in [-0.1, -0.05) is 13.0 Å². The Hall–Kier alpha value is -1.75. The largest absolute Gasteiger partial charge is 0.493 e. The van der Waals surface area contributed by atoms with Gasteiger partial charge in [0, 0.05) is 31.5 Å². The zero-order valence-corrected chi connectivity index (χ0v) is 13.2. The number of hydrogen-bond donors (Lipinski definition) is 1. The van der Waals surface area contributed by atoms with Gasteiger partial charge in [-0.05, 0) is 25.5 Å². The van der Waals surface area contributed by atoms with Crippen molar-refractivity contribution in [3.63, 3.8) is 0 Å². The summed E-state index contributed by atoms with van der Waals surface area (Å²) in [6, 6.07) is 7.42. The first-order valence-electron chi connectivity index (χ1n) is 7.35. The van der Waals surface area contributed by atoms with Gasteiger partial charge in [-0.2, -0.15) is 0 Å². The molecule has 1 amide bonds. The normalized spacial score (nSPS) is 12.0. The maximum Gasteiger partial charge on any atom is 0.226 e. The number of carbonyl (C=O) groups is 1. The molecule has 1 rings (SSSR count). The fraction of sp³-hybridized carbons (Fsp3) is 0.562. The van der Waals surface area contributed by atoms with E-state index in [4.69, 9.17) is 15.2 Å². The molecule has 0 saturated heterocycles. The minimum Gasteiger partial charge on any atom is -0.493 e. The zero-order valence-electron chi connectivity index (χ0n) is 13.2. The molecule has 0 radical (unpaired) electrons. The van der Waals surface area contributed by atoms with Crippen LogP contribution in [0.3, 0.4) is 0 Å². The summed E-state index contributed by atoms with van der Waals surface area (Å²) in [6.07, 6.45) is 1.27. The predicted molar refractivity (Wildman–Crippen MR) is 84.3 cm³/mol. The standard InChI is InChI=1S/C16H26N2O3/c1-4-13(2)18(9-11-20-3)16(19)8-10-21-15-7-5-6-14(17)12-15/h5-7,12-13H,4,8-11,17H2,1-3H3. The Labute approximate surface area is 127 Å². The van der Waals surface area contributed by atoms with Crippen LogP contribution in [0, 0.1) is 0 Å². The topological polar surface area (TPSA) is 64.8 Å². The van der Waals surface area contributed by atoms with Crippen molar-refractivity contribution >= 4 is 11.6 Å². The molecule has 1 unspecified atom stereocenters. The summed E-state index contributed by atoms with van der Waals surface area (Å²) in [5.41, 5.74) is 6.33. The van der Waals surface area contributed by atoms with Crippen LogP contribution in [0.1, 0.15) is 26.7 Å². The molecule has 0 aliphatic carbocycles. The molecule has 5 heteroatoms. The molecule has 0 heterocycles. The number of nitrogen functional groups attached to an aromatic ring is 1. The number of ether oxygens (including phenoxy) is 2. The van der Waals surface area contributed by atoms with E-state index in [1.807, 2.05) is 24.0 Å². The maximum absolute atomic E-state index is 12.3. The van der Waals surface area contributed by atoms with Crippen LogP contribution >= 0.6 is 0 Å². The molecule has 21 heavy (non-hydrogen) atoms. The number of benzene rings is 1. The molecular weight excluding hydrogens is 268 g/mol. The highest BCUT2D eigenvalue weighted by atomic mass is 16.5. The molecule has 5 nitrogen and oxygen atoms in total. The van der Waals surface area contributed by atoms with Crippen molar-refractivity contribution in [1.82, 2.24) is 4.90 Å². The summed E-state index contributed by atoms with van der Waals surface area (Å²) < 4.78 is 10.6. The Morgan fingerprint density at radius 3 is 2.76 bits per heavy atom. The van der Waals surface area contributed by atoms with Gasteiger partial charge in [0.15, 0.2) is 0 Å². The van der Waals surface area contributed by atoms with Gasteiger partial charge in [-0.15, -0.1) is 0 Å². The first-order chi connectivity index (χ1) is 10.1. The third kappa shape index (κ3) is 6.04. The fourth-order valence-corrected chi connectivity index (χ4v) is 2.01. The van der Waals surface area contributed by atoms with E-state index in [9.17, 15) is 4.79 Å². The van der Waals surface area contributed by atoms with Crippen molar-refractivity contribution in [2.75, 3.05) is 32.6 Å². The van der Waals surface area contributed by atoms with Gasteiger partial charge >= 0.3 is 0 Å². The first-order valence-corrected chi connectivity index (χ1v) is 7.35. The number of anilines is 1. The Balaban J connectivity index is 2.45. The average Bonchev–Trinajstić information content (AvgIpc) is 2.47. The Morgan fingerprint density at radius 1 is 1.38 bits per heavy atom. The molecule has 0 bridgehead atoms. The van der Waals surface area contributed by atoms with Crippen LogP contribution in [0.25, 0.3) is 0 Å². The van der Waals surface area contributed by atoms with Crippen LogP contribution in [0.4, 0.5) is 5.69 Å². The van der Waals surface area contributed by atoms with E-state index >= 15 is 0 Å². The summed E-state index contributed by atoms with van der Waals surface area (Å²) in [6.45, 7) is 5.63. The second-order valence-electron chi connectivity index (χ2n) is 5.01. The molecule has 1 atom stereocenters. The zero-order chi connectivity index (χ0) is 15.7. The quantitative estimate of drug-likeness (QED) is 0.710. The lowest BCUT2D eigenvalue weighted by atomic mass is 10.2. The minimum absolute atomic E-state index is 0.0882. The van der Waals surface area contributed by atoms with E-state index in [0.717, 1.165) is 6.42 Å². The highest BCUT2D eigenvalue weighted by Gasteiger charge is 2.18. The maximum atomic E-state index is 12.3. The lowest BCUT2D eigenvalue weighted by Gasteiger charge is -2.28. The smallest absolute Gasteiger partial charge is 0.226 e. The van der Waals surface area contributed by atoms with E-state index in [2.05, 4.69) is 6.92 Å². The molecule has 0 saturated carbocycles. The highest BCUT2D eigenvalue weighted by molar-refractivity contribution is 5.76. The third-order valence-corrected chi connectivity index (χ3v) is 3.42. The van der Waals surface area contributed by atoms with Gasteiger partial charge in [-0.3, -0.25) is 4.79 Å². The number of nitrogens with zero attached hydrogens (tertiary/aromatic N) is 1. The molecule has 0 aliphatic rings. The highest BCUT2D eigenvalue weighted by Crippen LogP contribution is 2.15. The minimum atomic E-state index is 0.0882. The summed E-state index contributed by atoms with van der Waals surface area (Å²) in [5.74, 6) is 0.778. The molecule has 118 valence electrons. The molecule has 2 N–H and O–H groups in total. The average molecular weight is 294 g/mol. The van der Waals surface area contributed by atoms with Crippen LogP contribution in [0.15, 0.2) is 24.3 Å². The number of hydrogen-bond acceptors (Lipinski definition) is 4. The third-order valence-electron chi connectivity index (χ3n) is 3.42. The van der Waals surface area contributed by atoms with E-state index in [0.29, 0.717) is 37.6 Å². The van der Waals surface area contributed by atoms with Crippen molar-refractivity contribution in [1.29, 1.82) is 0 Å². The van der Waals surface area contributed by atoms with Crippen molar-refractivity contribution in [2.45, 2.75) is 32.7 Å². The van der Waals surface area contributed by atoms with Crippen LogP contribution in [0.2, 0.25) is 0 Å². The fourth-order valence-electron chi connectivity index (χ4n) is 2.01. The first kappa shape index (κ1) is 17.3. The van der Waals surface area contributed by atoms with Crippen LogP contribution in [0.5, 0.6) is 5.75 Å². The van der Waals surface area contributed by atoms with Crippen LogP contribution in [-0.2, 0) is 9.53 Å². The van der Waals surface area contributed by atoms with Crippen molar-refractivity contribution < 1.29 is 14.3 Å². The van der Waals surface area contributed by atoms with Gasteiger partial charge in [0.25, 0.3) is 0 Å². The Kier molecular flexibility index (Phi) is 7.61. The number of amides is 1. The number of nitrogens with two attached hydrogens (primary N) is 1. The Morgan fingerprint density at radius 2 is 2.14 bits per heavy atom. The molecule has 0 spiro atoms. The second-order valence-corrected chi connectivity index (χ2v) is 5.01. The van der Waals surface area contributed by atoms with E-state index in [1.54, 1.807) is 19.2 Å². The molecule has 0 aromatic heterocycles. The van der Waals surface area contributed by atoms with Gasteiger partial charge in [-0.25, -0.2) is 0 Å². The number of rotatable bonds is 9. The number of methoxy groups -OCH3 is 1. The molecular formula is C16H26N2O3. The van der Waals surface area contributed by atoms with Crippen molar-refractivity contribution in [3.05, 3.63) is 24.3 Å². The Bertz CT molecular complexity index is 437. The van der Waals surface area contributed by atoms with Gasteiger partial charge in [0.05, 0.1) is 19.6 Å². The molecule has 0 aliphatic heterocycles. The van der Waals surface area contributed by atoms with Gasteiger partial charge in [0.2, 0.25) is 5.91 Å². The lowest BCUT2D eigenvalue weighted by Crippen LogP contribution is -2.41. The summed E-state index contributed by atoms with van der Waals surface area (Å²) in [4.78, 5) is 14.1. The van der Waals surface area contributed by atoms with E-state index in [1.165, 1.54) is 0 Å². The molecule has 0 fully saturated rings. The summed E-state index contributed by atoms with van der Waals surface area (Å²) in [5, 5.41) is 0. The number of carbonyl (C=O) groups excluding carboxylic acids is 1. The van der Waals surface area contributed by atoms with E-state index < -0.39 is 0 Å². The van der Waals surface area contributed by atoms with Gasteiger partial charge in [0.1, 0.15) is 5.75 Å². The monoisotopic (exact) mass is 294 g/mol. The lowest BCUT2D eigenvalue weighted by molar-refractivity contribution is -0.134.